The molecule has 0 spiro atoms. The van der Waals surface area contributed by atoms with E-state index in [2.05, 4.69) is 5.32 Å². The Hall–Kier alpha value is -2.62. The van der Waals surface area contributed by atoms with E-state index in [-0.39, 0.29) is 11.7 Å². The van der Waals surface area contributed by atoms with Crippen molar-refractivity contribution in [3.8, 4) is 5.75 Å². The van der Waals surface area contributed by atoms with E-state index in [1.165, 1.54) is 6.92 Å². The van der Waals surface area contributed by atoms with Crippen LogP contribution in [0.25, 0.3) is 0 Å². The van der Waals surface area contributed by atoms with Gasteiger partial charge in [-0.05, 0) is 55.3 Å². The van der Waals surface area contributed by atoms with Crippen LogP contribution in [0.2, 0.25) is 0 Å². The topological polar surface area (TPSA) is 55.4 Å². The van der Waals surface area contributed by atoms with Crippen molar-refractivity contribution in [2.24, 2.45) is 0 Å². The molecule has 2 aromatic rings. The maximum atomic E-state index is 11.9. The second-order valence-electron chi connectivity index (χ2n) is 5.03. The summed E-state index contributed by atoms with van der Waals surface area (Å²) < 4.78 is 5.10. The van der Waals surface area contributed by atoms with Crippen molar-refractivity contribution in [1.82, 2.24) is 0 Å². The second-order valence-corrected chi connectivity index (χ2v) is 5.03. The summed E-state index contributed by atoms with van der Waals surface area (Å²) in [6.45, 7) is 1.52. The highest BCUT2D eigenvalue weighted by Gasteiger charge is 2.05. The number of ether oxygens (including phenoxy) is 1. The molecule has 0 aliphatic rings. The van der Waals surface area contributed by atoms with Crippen molar-refractivity contribution >= 4 is 17.4 Å². The molecule has 0 unspecified atom stereocenters. The van der Waals surface area contributed by atoms with E-state index in [9.17, 15) is 9.59 Å². The van der Waals surface area contributed by atoms with Crippen LogP contribution in [-0.2, 0) is 11.2 Å². The van der Waals surface area contributed by atoms with Gasteiger partial charge in [-0.3, -0.25) is 9.59 Å². The summed E-state index contributed by atoms with van der Waals surface area (Å²) in [4.78, 5) is 23.1. The molecule has 1 N–H and O–H groups in total. The van der Waals surface area contributed by atoms with Crippen molar-refractivity contribution in [3.05, 3.63) is 59.7 Å². The lowest BCUT2D eigenvalue weighted by atomic mass is 10.1. The van der Waals surface area contributed by atoms with E-state index in [1.54, 1.807) is 31.4 Å². The molecular formula is C18H19NO3. The number of carbonyl (C=O) groups excluding carboxylic acids is 2. The summed E-state index contributed by atoms with van der Waals surface area (Å²) in [7, 11) is 1.62. The number of hydrogen-bond acceptors (Lipinski definition) is 3. The zero-order valence-electron chi connectivity index (χ0n) is 12.8. The van der Waals surface area contributed by atoms with Gasteiger partial charge in [0, 0.05) is 17.7 Å². The fraction of sp³-hybridized carbons (Fsp3) is 0.222. The first-order valence-electron chi connectivity index (χ1n) is 7.12. The van der Waals surface area contributed by atoms with E-state index in [0.29, 0.717) is 24.1 Å². The maximum Gasteiger partial charge on any atom is 0.224 e. The lowest BCUT2D eigenvalue weighted by Gasteiger charge is -2.06. The van der Waals surface area contributed by atoms with Crippen LogP contribution >= 0.6 is 0 Å². The number of hydrogen-bond donors (Lipinski definition) is 1. The predicted molar refractivity (Wildman–Crippen MR) is 86.4 cm³/mol. The third kappa shape index (κ3) is 4.45. The van der Waals surface area contributed by atoms with Crippen LogP contribution in [0.3, 0.4) is 0 Å². The number of amides is 1. The highest BCUT2D eigenvalue weighted by atomic mass is 16.5. The van der Waals surface area contributed by atoms with Crippen molar-refractivity contribution in [2.75, 3.05) is 12.4 Å². The van der Waals surface area contributed by atoms with Gasteiger partial charge in [0.1, 0.15) is 5.75 Å². The molecule has 4 nitrogen and oxygen atoms in total. The molecule has 0 saturated heterocycles. The minimum absolute atomic E-state index is 0.0115. The fourth-order valence-electron chi connectivity index (χ4n) is 2.06. The molecule has 4 heteroatoms. The maximum absolute atomic E-state index is 11.9. The van der Waals surface area contributed by atoms with E-state index in [4.69, 9.17) is 4.74 Å². The van der Waals surface area contributed by atoms with E-state index >= 15 is 0 Å². The summed E-state index contributed by atoms with van der Waals surface area (Å²) in [6.07, 6.45) is 1.07. The largest absolute Gasteiger partial charge is 0.497 e. The zero-order valence-corrected chi connectivity index (χ0v) is 12.8. The standard InChI is InChI=1S/C18H19NO3/c1-13(20)15-6-8-16(9-7-15)19-18(21)12-5-14-3-10-17(22-2)11-4-14/h3-4,6-11H,5,12H2,1-2H3,(H,19,21). The second kappa shape index (κ2) is 7.41. The molecule has 114 valence electrons. The molecule has 0 aliphatic heterocycles. The van der Waals surface area contributed by atoms with Gasteiger partial charge in [-0.1, -0.05) is 12.1 Å². The van der Waals surface area contributed by atoms with Crippen molar-refractivity contribution in [1.29, 1.82) is 0 Å². The van der Waals surface area contributed by atoms with Crippen LogP contribution in [0.1, 0.15) is 29.3 Å². The number of nitrogens with one attached hydrogen (secondary N) is 1. The predicted octanol–water partition coefficient (Wildman–Crippen LogP) is 3.47. The minimum Gasteiger partial charge on any atom is -0.497 e. The first kappa shape index (κ1) is 15.8. The number of ketones is 1. The summed E-state index contributed by atoms with van der Waals surface area (Å²) in [5.74, 6) is 0.766. The van der Waals surface area contributed by atoms with Crippen molar-refractivity contribution < 1.29 is 14.3 Å². The van der Waals surface area contributed by atoms with Gasteiger partial charge in [0.15, 0.2) is 5.78 Å². The van der Waals surface area contributed by atoms with Gasteiger partial charge in [0.05, 0.1) is 7.11 Å². The van der Waals surface area contributed by atoms with Gasteiger partial charge in [0.25, 0.3) is 0 Å². The molecule has 1 amide bonds. The number of carbonyl (C=O) groups is 2. The Bertz CT molecular complexity index is 645. The first-order valence-corrected chi connectivity index (χ1v) is 7.12. The molecule has 0 heterocycles. The minimum atomic E-state index is -0.0496. The number of anilines is 1. The number of methoxy groups -OCH3 is 1. The van der Waals surface area contributed by atoms with Crippen LogP contribution in [-0.4, -0.2) is 18.8 Å². The Morgan fingerprint density at radius 1 is 1.00 bits per heavy atom. The average Bonchev–Trinajstić information content (AvgIpc) is 2.54. The number of Topliss-reactive ketones (excluding diaryl/α,β-unsaturated/α-hetero) is 1. The molecule has 22 heavy (non-hydrogen) atoms. The Kier molecular flexibility index (Phi) is 5.31. The molecule has 0 aromatic heterocycles. The normalized spacial score (nSPS) is 10.1. The van der Waals surface area contributed by atoms with Crippen LogP contribution in [0.15, 0.2) is 48.5 Å². The molecule has 0 atom stereocenters. The van der Waals surface area contributed by atoms with Crippen molar-refractivity contribution in [3.63, 3.8) is 0 Å². The van der Waals surface area contributed by atoms with Gasteiger partial charge in [-0.2, -0.15) is 0 Å². The van der Waals surface area contributed by atoms with E-state index in [0.717, 1.165) is 11.3 Å². The number of aryl methyl sites for hydroxylation is 1. The van der Waals surface area contributed by atoms with Gasteiger partial charge in [0.2, 0.25) is 5.91 Å². The lowest BCUT2D eigenvalue weighted by Crippen LogP contribution is -2.12. The summed E-state index contributed by atoms with van der Waals surface area (Å²) in [5, 5.41) is 2.83. The Morgan fingerprint density at radius 2 is 1.64 bits per heavy atom. The van der Waals surface area contributed by atoms with Gasteiger partial charge < -0.3 is 10.1 Å². The monoisotopic (exact) mass is 297 g/mol. The van der Waals surface area contributed by atoms with Gasteiger partial charge in [-0.25, -0.2) is 0 Å². The van der Waals surface area contributed by atoms with Crippen molar-refractivity contribution in [2.45, 2.75) is 19.8 Å². The molecule has 0 fully saturated rings. The Morgan fingerprint density at radius 3 is 2.18 bits per heavy atom. The first-order chi connectivity index (χ1) is 10.6. The zero-order chi connectivity index (χ0) is 15.9. The summed E-state index contributed by atoms with van der Waals surface area (Å²) >= 11 is 0. The Labute approximate surface area is 130 Å². The highest BCUT2D eigenvalue weighted by Crippen LogP contribution is 2.14. The molecule has 0 bridgehead atoms. The quantitative estimate of drug-likeness (QED) is 0.831. The lowest BCUT2D eigenvalue weighted by molar-refractivity contribution is -0.116. The summed E-state index contributed by atoms with van der Waals surface area (Å²) in [6, 6.07) is 14.6. The van der Waals surface area contributed by atoms with E-state index in [1.807, 2.05) is 24.3 Å². The molecule has 0 aliphatic carbocycles. The van der Waals surface area contributed by atoms with Crippen LogP contribution in [0.5, 0.6) is 5.75 Å². The number of rotatable bonds is 6. The summed E-state index contributed by atoms with van der Waals surface area (Å²) in [5.41, 5.74) is 2.42. The van der Waals surface area contributed by atoms with Crippen LogP contribution in [0.4, 0.5) is 5.69 Å². The third-order valence-corrected chi connectivity index (χ3v) is 3.37. The SMILES string of the molecule is COc1ccc(CCC(=O)Nc2ccc(C(C)=O)cc2)cc1. The molecule has 2 aromatic carbocycles. The highest BCUT2D eigenvalue weighted by molar-refractivity contribution is 5.95. The molecule has 0 saturated carbocycles. The average molecular weight is 297 g/mol. The third-order valence-electron chi connectivity index (χ3n) is 3.37. The smallest absolute Gasteiger partial charge is 0.224 e. The fourth-order valence-corrected chi connectivity index (χ4v) is 2.06. The van der Waals surface area contributed by atoms with Gasteiger partial charge in [-0.15, -0.1) is 0 Å². The molecule has 0 radical (unpaired) electrons. The van der Waals surface area contributed by atoms with Crippen LogP contribution in [0, 0.1) is 0 Å². The van der Waals surface area contributed by atoms with E-state index < -0.39 is 0 Å². The number of benzene rings is 2. The Balaban J connectivity index is 1.85. The van der Waals surface area contributed by atoms with Crippen LogP contribution < -0.4 is 10.1 Å². The molecule has 2 rings (SSSR count). The van der Waals surface area contributed by atoms with Gasteiger partial charge >= 0.3 is 0 Å². The molecular weight excluding hydrogens is 278 g/mol.